The van der Waals surface area contributed by atoms with Gasteiger partial charge in [0.15, 0.2) is 0 Å². The van der Waals surface area contributed by atoms with Crippen molar-refractivity contribution in [2.45, 2.75) is 6.54 Å². The van der Waals surface area contributed by atoms with Crippen LogP contribution in [0.25, 0.3) is 0 Å². The Morgan fingerprint density at radius 1 is 1.58 bits per heavy atom. The van der Waals surface area contributed by atoms with Crippen molar-refractivity contribution in [3.8, 4) is 5.75 Å². The van der Waals surface area contributed by atoms with Crippen LogP contribution in [0.5, 0.6) is 5.75 Å². The van der Waals surface area contributed by atoms with Gasteiger partial charge in [0.25, 0.3) is 0 Å². The van der Waals surface area contributed by atoms with Gasteiger partial charge in [-0.1, -0.05) is 15.9 Å². The zero-order chi connectivity index (χ0) is 8.97. The second-order valence-corrected chi connectivity index (χ2v) is 3.19. The van der Waals surface area contributed by atoms with Crippen molar-refractivity contribution < 1.29 is 4.74 Å². The third kappa shape index (κ3) is 2.20. The largest absolute Gasteiger partial charge is 0.497 e. The Morgan fingerprint density at radius 3 is 2.92 bits per heavy atom. The lowest BCUT2D eigenvalue weighted by Crippen LogP contribution is -2.21. The fourth-order valence-electron chi connectivity index (χ4n) is 0.924. The van der Waals surface area contributed by atoms with Gasteiger partial charge in [-0.25, -0.2) is 0 Å². The van der Waals surface area contributed by atoms with E-state index < -0.39 is 0 Å². The minimum Gasteiger partial charge on any atom is -0.497 e. The summed E-state index contributed by atoms with van der Waals surface area (Å²) in [5.74, 6) is 6.05. The predicted octanol–water partition coefficient (Wildman–Crippen LogP) is 1.42. The van der Waals surface area contributed by atoms with Crippen LogP contribution >= 0.6 is 15.9 Å². The van der Waals surface area contributed by atoms with E-state index in [1.807, 2.05) is 18.2 Å². The molecule has 0 unspecified atom stereocenters. The molecule has 0 heterocycles. The first-order valence-corrected chi connectivity index (χ1v) is 4.33. The lowest BCUT2D eigenvalue weighted by Gasteiger charge is -2.05. The zero-order valence-electron chi connectivity index (χ0n) is 6.80. The molecule has 1 aromatic carbocycles. The van der Waals surface area contributed by atoms with E-state index >= 15 is 0 Å². The average Bonchev–Trinajstić information content (AvgIpc) is 2.09. The van der Waals surface area contributed by atoms with E-state index in [4.69, 9.17) is 10.6 Å². The molecular formula is C8H11BrN2O. The molecule has 0 aliphatic heterocycles. The first kappa shape index (κ1) is 9.51. The maximum atomic E-state index is 5.21. The molecule has 4 heteroatoms. The Labute approximate surface area is 80.0 Å². The van der Waals surface area contributed by atoms with Gasteiger partial charge in [-0.15, -0.1) is 0 Å². The van der Waals surface area contributed by atoms with Crippen LogP contribution < -0.4 is 16.0 Å². The van der Waals surface area contributed by atoms with Crippen molar-refractivity contribution in [3.05, 3.63) is 28.2 Å². The molecule has 0 amide bonds. The Hall–Kier alpha value is -0.580. The van der Waals surface area contributed by atoms with E-state index in [0.29, 0.717) is 6.54 Å². The summed E-state index contributed by atoms with van der Waals surface area (Å²) < 4.78 is 6.10. The van der Waals surface area contributed by atoms with Gasteiger partial charge in [0, 0.05) is 11.0 Å². The topological polar surface area (TPSA) is 47.3 Å². The molecule has 3 N–H and O–H groups in total. The van der Waals surface area contributed by atoms with E-state index in [2.05, 4.69) is 21.4 Å². The van der Waals surface area contributed by atoms with Crippen LogP contribution in [0.15, 0.2) is 22.7 Å². The summed E-state index contributed by atoms with van der Waals surface area (Å²) in [6.45, 7) is 0.623. The van der Waals surface area contributed by atoms with E-state index in [-0.39, 0.29) is 0 Å². The Balaban J connectivity index is 2.91. The molecule has 0 radical (unpaired) electrons. The molecule has 0 aliphatic rings. The molecule has 3 nitrogen and oxygen atoms in total. The number of benzene rings is 1. The molecule has 0 bridgehead atoms. The highest BCUT2D eigenvalue weighted by Gasteiger charge is 1.99. The van der Waals surface area contributed by atoms with Gasteiger partial charge in [-0.2, -0.15) is 0 Å². The van der Waals surface area contributed by atoms with E-state index in [0.717, 1.165) is 15.8 Å². The van der Waals surface area contributed by atoms with Crippen LogP contribution in [0, 0.1) is 0 Å². The second-order valence-electron chi connectivity index (χ2n) is 2.34. The fourth-order valence-corrected chi connectivity index (χ4v) is 1.31. The second kappa shape index (κ2) is 4.45. The number of rotatable bonds is 3. The number of hydrogen-bond acceptors (Lipinski definition) is 3. The number of hydrazine groups is 1. The number of ether oxygens (including phenoxy) is 1. The van der Waals surface area contributed by atoms with Gasteiger partial charge in [0.05, 0.1) is 7.11 Å². The van der Waals surface area contributed by atoms with Crippen LogP contribution in [-0.4, -0.2) is 7.11 Å². The number of nitrogens with two attached hydrogens (primary N) is 1. The highest BCUT2D eigenvalue weighted by Crippen LogP contribution is 2.21. The predicted molar refractivity (Wildman–Crippen MR) is 51.7 cm³/mol. The van der Waals surface area contributed by atoms with Gasteiger partial charge >= 0.3 is 0 Å². The van der Waals surface area contributed by atoms with Crippen LogP contribution in [0.4, 0.5) is 0 Å². The minimum absolute atomic E-state index is 0.623. The van der Waals surface area contributed by atoms with Crippen molar-refractivity contribution in [1.29, 1.82) is 0 Å². The molecule has 0 saturated heterocycles. The molecule has 0 aromatic heterocycles. The van der Waals surface area contributed by atoms with E-state index in [1.54, 1.807) is 7.11 Å². The monoisotopic (exact) mass is 230 g/mol. The smallest absolute Gasteiger partial charge is 0.119 e. The van der Waals surface area contributed by atoms with Gasteiger partial charge < -0.3 is 4.74 Å². The van der Waals surface area contributed by atoms with Crippen molar-refractivity contribution >= 4 is 15.9 Å². The molecule has 12 heavy (non-hydrogen) atoms. The summed E-state index contributed by atoms with van der Waals surface area (Å²) in [6.07, 6.45) is 0. The molecule has 0 saturated carbocycles. The maximum Gasteiger partial charge on any atom is 0.119 e. The SMILES string of the molecule is COc1ccc(Br)c(CNN)c1. The van der Waals surface area contributed by atoms with Crippen molar-refractivity contribution in [3.63, 3.8) is 0 Å². The van der Waals surface area contributed by atoms with Crippen LogP contribution in [-0.2, 0) is 6.54 Å². The van der Waals surface area contributed by atoms with Crippen LogP contribution in [0.1, 0.15) is 5.56 Å². The van der Waals surface area contributed by atoms with Gasteiger partial charge in [-0.05, 0) is 23.8 Å². The number of methoxy groups -OCH3 is 1. The summed E-state index contributed by atoms with van der Waals surface area (Å²) in [4.78, 5) is 0. The van der Waals surface area contributed by atoms with Crippen LogP contribution in [0.2, 0.25) is 0 Å². The van der Waals surface area contributed by atoms with Gasteiger partial charge in [0.2, 0.25) is 0 Å². The van der Waals surface area contributed by atoms with Crippen molar-refractivity contribution in [2.75, 3.05) is 7.11 Å². The standard InChI is InChI=1S/C8H11BrN2O/c1-12-7-2-3-8(9)6(4-7)5-11-10/h2-4,11H,5,10H2,1H3. The Morgan fingerprint density at radius 2 is 2.33 bits per heavy atom. The van der Waals surface area contributed by atoms with Crippen molar-refractivity contribution in [1.82, 2.24) is 5.43 Å². The molecule has 0 aliphatic carbocycles. The Bertz CT molecular complexity index is 265. The Kier molecular flexibility index (Phi) is 3.52. The molecule has 66 valence electrons. The lowest BCUT2D eigenvalue weighted by atomic mass is 10.2. The maximum absolute atomic E-state index is 5.21. The van der Waals surface area contributed by atoms with Crippen molar-refractivity contribution in [2.24, 2.45) is 5.84 Å². The third-order valence-corrected chi connectivity index (χ3v) is 2.32. The normalized spacial score (nSPS) is 9.92. The third-order valence-electron chi connectivity index (χ3n) is 1.55. The average molecular weight is 231 g/mol. The minimum atomic E-state index is 0.623. The van der Waals surface area contributed by atoms with E-state index in [1.165, 1.54) is 0 Å². The molecule has 1 aromatic rings. The van der Waals surface area contributed by atoms with Gasteiger partial charge in [0.1, 0.15) is 5.75 Å². The summed E-state index contributed by atoms with van der Waals surface area (Å²) >= 11 is 3.41. The number of nitrogens with one attached hydrogen (secondary N) is 1. The summed E-state index contributed by atoms with van der Waals surface area (Å²) in [5, 5.41) is 0. The first-order valence-electron chi connectivity index (χ1n) is 3.54. The first-order chi connectivity index (χ1) is 5.77. The zero-order valence-corrected chi connectivity index (χ0v) is 8.39. The quantitative estimate of drug-likeness (QED) is 0.610. The number of hydrogen-bond donors (Lipinski definition) is 2. The number of halogens is 1. The summed E-state index contributed by atoms with van der Waals surface area (Å²) in [7, 11) is 1.64. The fraction of sp³-hybridized carbons (Fsp3) is 0.250. The molecule has 0 spiro atoms. The van der Waals surface area contributed by atoms with Gasteiger partial charge in [-0.3, -0.25) is 11.3 Å². The summed E-state index contributed by atoms with van der Waals surface area (Å²) in [5.41, 5.74) is 3.67. The molecule has 0 fully saturated rings. The lowest BCUT2D eigenvalue weighted by molar-refractivity contribution is 0.414. The highest BCUT2D eigenvalue weighted by atomic mass is 79.9. The van der Waals surface area contributed by atoms with E-state index in [9.17, 15) is 0 Å². The summed E-state index contributed by atoms with van der Waals surface area (Å²) in [6, 6.07) is 5.76. The highest BCUT2D eigenvalue weighted by molar-refractivity contribution is 9.10. The molecular weight excluding hydrogens is 220 g/mol. The van der Waals surface area contributed by atoms with Crippen LogP contribution in [0.3, 0.4) is 0 Å². The molecule has 1 rings (SSSR count). The molecule has 0 atom stereocenters.